The highest BCUT2D eigenvalue weighted by Gasteiger charge is 2.23. The maximum Gasteiger partial charge on any atom is 0.274 e. The van der Waals surface area contributed by atoms with E-state index in [-0.39, 0.29) is 5.91 Å². The van der Waals surface area contributed by atoms with Gasteiger partial charge in [0, 0.05) is 38.4 Å². The Labute approximate surface area is 171 Å². The fraction of sp³-hybridized carbons (Fsp3) is 0.261. The first kappa shape index (κ1) is 18.9. The normalized spacial score (nSPS) is 14.0. The Kier molecular flexibility index (Phi) is 5.70. The van der Waals surface area contributed by atoms with Gasteiger partial charge in [-0.3, -0.25) is 4.79 Å². The van der Waals surface area contributed by atoms with E-state index in [2.05, 4.69) is 63.5 Å². The van der Waals surface area contributed by atoms with Crippen LogP contribution in [0.25, 0.3) is 0 Å². The molecule has 0 saturated carbocycles. The summed E-state index contributed by atoms with van der Waals surface area (Å²) < 4.78 is 0. The maximum atomic E-state index is 12.8. The molecule has 6 heteroatoms. The second kappa shape index (κ2) is 8.73. The van der Waals surface area contributed by atoms with Crippen molar-refractivity contribution in [2.45, 2.75) is 13.5 Å². The molecule has 1 aromatic heterocycles. The number of hydrogen-bond acceptors (Lipinski definition) is 5. The van der Waals surface area contributed by atoms with Gasteiger partial charge in [0.05, 0.1) is 12.4 Å². The summed E-state index contributed by atoms with van der Waals surface area (Å²) in [7, 11) is 0. The number of amides is 1. The summed E-state index contributed by atoms with van der Waals surface area (Å²) in [5.74, 6) is 0.602. The van der Waals surface area contributed by atoms with Crippen molar-refractivity contribution in [1.29, 1.82) is 0 Å². The van der Waals surface area contributed by atoms with E-state index < -0.39 is 0 Å². The Morgan fingerprint density at radius 1 is 0.966 bits per heavy atom. The highest BCUT2D eigenvalue weighted by atomic mass is 16.2. The lowest BCUT2D eigenvalue weighted by atomic mass is 10.2. The van der Waals surface area contributed by atoms with Crippen molar-refractivity contribution >= 4 is 17.4 Å². The first-order valence-electron chi connectivity index (χ1n) is 9.90. The third-order valence-corrected chi connectivity index (χ3v) is 5.12. The van der Waals surface area contributed by atoms with Gasteiger partial charge >= 0.3 is 0 Å². The van der Waals surface area contributed by atoms with Crippen molar-refractivity contribution in [2.24, 2.45) is 0 Å². The van der Waals surface area contributed by atoms with Gasteiger partial charge in [-0.2, -0.15) is 0 Å². The van der Waals surface area contributed by atoms with Crippen molar-refractivity contribution in [3.8, 4) is 0 Å². The van der Waals surface area contributed by atoms with E-state index >= 15 is 0 Å². The van der Waals surface area contributed by atoms with Gasteiger partial charge < -0.3 is 15.1 Å². The fourth-order valence-corrected chi connectivity index (χ4v) is 3.47. The zero-order valence-corrected chi connectivity index (χ0v) is 16.6. The standard InChI is InChI=1S/C23H25N5O/c1-18-6-5-9-20(14-18)27-10-12-28(13-11-27)23(29)21-16-26-22(17-24-21)25-15-19-7-3-2-4-8-19/h2-9,14,16-17H,10-13,15H2,1H3,(H,25,26). The quantitative estimate of drug-likeness (QED) is 0.727. The smallest absolute Gasteiger partial charge is 0.274 e. The first-order valence-corrected chi connectivity index (χ1v) is 9.90. The average Bonchev–Trinajstić information content (AvgIpc) is 2.78. The van der Waals surface area contributed by atoms with E-state index in [4.69, 9.17) is 0 Å². The lowest BCUT2D eigenvalue weighted by Crippen LogP contribution is -2.49. The molecule has 6 nitrogen and oxygen atoms in total. The molecule has 0 unspecified atom stereocenters. The summed E-state index contributed by atoms with van der Waals surface area (Å²) >= 11 is 0. The molecule has 1 aliphatic rings. The van der Waals surface area contributed by atoms with E-state index in [1.807, 2.05) is 23.1 Å². The van der Waals surface area contributed by atoms with Crippen molar-refractivity contribution in [2.75, 3.05) is 36.4 Å². The number of aryl methyl sites for hydroxylation is 1. The van der Waals surface area contributed by atoms with Crippen LogP contribution in [-0.2, 0) is 6.54 Å². The molecule has 4 rings (SSSR count). The van der Waals surface area contributed by atoms with Gasteiger partial charge in [-0.15, -0.1) is 0 Å². The minimum Gasteiger partial charge on any atom is -0.368 e. The van der Waals surface area contributed by atoms with Gasteiger partial charge in [-0.05, 0) is 30.2 Å². The molecule has 148 valence electrons. The summed E-state index contributed by atoms with van der Waals surface area (Å²) in [4.78, 5) is 25.6. The molecule has 1 N–H and O–H groups in total. The Balaban J connectivity index is 1.31. The molecule has 3 aromatic rings. The number of piperazine rings is 1. The number of rotatable bonds is 5. The van der Waals surface area contributed by atoms with E-state index in [9.17, 15) is 4.79 Å². The zero-order valence-electron chi connectivity index (χ0n) is 16.6. The lowest BCUT2D eigenvalue weighted by Gasteiger charge is -2.36. The van der Waals surface area contributed by atoms with E-state index in [0.29, 0.717) is 31.1 Å². The molecular formula is C23H25N5O. The molecule has 0 aliphatic carbocycles. The summed E-state index contributed by atoms with van der Waals surface area (Å²) in [6, 6.07) is 18.6. The van der Waals surface area contributed by atoms with Gasteiger partial charge in [0.1, 0.15) is 11.5 Å². The Hall–Kier alpha value is -3.41. The molecular weight excluding hydrogens is 362 g/mol. The highest BCUT2D eigenvalue weighted by Crippen LogP contribution is 2.18. The number of aromatic nitrogens is 2. The molecule has 2 aromatic carbocycles. The molecule has 1 aliphatic heterocycles. The predicted molar refractivity (Wildman–Crippen MR) is 115 cm³/mol. The van der Waals surface area contributed by atoms with Crippen molar-refractivity contribution in [3.63, 3.8) is 0 Å². The van der Waals surface area contributed by atoms with Crippen LogP contribution in [0.2, 0.25) is 0 Å². The number of hydrogen-bond donors (Lipinski definition) is 1. The van der Waals surface area contributed by atoms with Crippen molar-refractivity contribution in [1.82, 2.24) is 14.9 Å². The predicted octanol–water partition coefficient (Wildman–Crippen LogP) is 3.36. The van der Waals surface area contributed by atoms with Crippen LogP contribution in [-0.4, -0.2) is 47.0 Å². The Morgan fingerprint density at radius 2 is 1.76 bits per heavy atom. The van der Waals surface area contributed by atoms with Gasteiger partial charge in [-0.1, -0.05) is 42.5 Å². The third-order valence-electron chi connectivity index (χ3n) is 5.12. The largest absolute Gasteiger partial charge is 0.368 e. The molecule has 0 spiro atoms. The number of carbonyl (C=O) groups is 1. The van der Waals surface area contributed by atoms with Crippen LogP contribution in [0.1, 0.15) is 21.6 Å². The van der Waals surface area contributed by atoms with Gasteiger partial charge in [0.25, 0.3) is 5.91 Å². The molecule has 1 fully saturated rings. The molecule has 1 amide bonds. The van der Waals surface area contributed by atoms with Crippen molar-refractivity contribution < 1.29 is 4.79 Å². The van der Waals surface area contributed by atoms with Crippen LogP contribution in [0, 0.1) is 6.92 Å². The molecule has 0 atom stereocenters. The molecule has 29 heavy (non-hydrogen) atoms. The van der Waals surface area contributed by atoms with E-state index in [0.717, 1.165) is 13.1 Å². The third kappa shape index (κ3) is 4.71. The number of nitrogens with zero attached hydrogens (tertiary/aromatic N) is 4. The maximum absolute atomic E-state index is 12.8. The van der Waals surface area contributed by atoms with Crippen LogP contribution in [0.15, 0.2) is 67.0 Å². The summed E-state index contributed by atoms with van der Waals surface area (Å²) in [5.41, 5.74) is 4.02. The monoisotopic (exact) mass is 387 g/mol. The summed E-state index contributed by atoms with van der Waals surface area (Å²) in [6.45, 7) is 5.77. The topological polar surface area (TPSA) is 61.4 Å². The second-order valence-corrected chi connectivity index (χ2v) is 7.24. The van der Waals surface area contributed by atoms with Crippen LogP contribution in [0.4, 0.5) is 11.5 Å². The minimum absolute atomic E-state index is 0.0593. The SMILES string of the molecule is Cc1cccc(N2CCN(C(=O)c3cnc(NCc4ccccc4)cn3)CC2)c1. The number of benzene rings is 2. The van der Waals surface area contributed by atoms with E-state index in [1.54, 1.807) is 12.4 Å². The minimum atomic E-state index is -0.0593. The number of carbonyl (C=O) groups excluding carboxylic acids is 1. The fourth-order valence-electron chi connectivity index (χ4n) is 3.47. The van der Waals surface area contributed by atoms with E-state index in [1.165, 1.54) is 16.8 Å². The molecule has 0 bridgehead atoms. The number of nitrogens with one attached hydrogen (secondary N) is 1. The van der Waals surface area contributed by atoms with Gasteiger partial charge in [0.15, 0.2) is 0 Å². The first-order chi connectivity index (χ1) is 14.2. The van der Waals surface area contributed by atoms with Gasteiger partial charge in [-0.25, -0.2) is 9.97 Å². The lowest BCUT2D eigenvalue weighted by molar-refractivity contribution is 0.0740. The van der Waals surface area contributed by atoms with Crippen LogP contribution >= 0.6 is 0 Å². The van der Waals surface area contributed by atoms with Crippen molar-refractivity contribution in [3.05, 3.63) is 83.8 Å². The zero-order chi connectivity index (χ0) is 20.1. The summed E-state index contributed by atoms with van der Waals surface area (Å²) in [6.07, 6.45) is 3.18. The van der Waals surface area contributed by atoms with Crippen LogP contribution in [0.5, 0.6) is 0 Å². The summed E-state index contributed by atoms with van der Waals surface area (Å²) in [5, 5.41) is 3.23. The van der Waals surface area contributed by atoms with Crippen LogP contribution in [0.3, 0.4) is 0 Å². The Bertz CT molecular complexity index is 951. The molecule has 1 saturated heterocycles. The Morgan fingerprint density at radius 3 is 2.45 bits per heavy atom. The average molecular weight is 387 g/mol. The van der Waals surface area contributed by atoms with Gasteiger partial charge in [0.2, 0.25) is 0 Å². The molecule has 2 heterocycles. The highest BCUT2D eigenvalue weighted by molar-refractivity contribution is 5.92. The number of anilines is 2. The van der Waals surface area contributed by atoms with Crippen LogP contribution < -0.4 is 10.2 Å². The molecule has 0 radical (unpaired) electrons. The second-order valence-electron chi connectivity index (χ2n) is 7.24.